The van der Waals surface area contributed by atoms with Crippen molar-refractivity contribution in [3.05, 3.63) is 18.0 Å². The molecule has 1 rings (SSSR count). The molecular weight excluding hydrogens is 224 g/mol. The Bertz CT molecular complexity index is 343. The van der Waals surface area contributed by atoms with Crippen molar-refractivity contribution in [1.29, 1.82) is 0 Å². The quantitative estimate of drug-likeness (QED) is 0.765. The molecule has 0 bridgehead atoms. The number of aromatic nitrogens is 2. The summed E-state index contributed by atoms with van der Waals surface area (Å²) < 4.78 is 1.96. The predicted molar refractivity (Wildman–Crippen MR) is 76.5 cm³/mol. The van der Waals surface area contributed by atoms with E-state index < -0.39 is 0 Å². The second-order valence-corrected chi connectivity index (χ2v) is 5.84. The molecule has 0 radical (unpaired) electrons. The first kappa shape index (κ1) is 15.2. The molecule has 4 nitrogen and oxygen atoms in total. The molecule has 0 unspecified atom stereocenters. The fraction of sp³-hybridized carbons (Fsp3) is 0.786. The lowest BCUT2D eigenvalue weighted by Gasteiger charge is -2.31. The summed E-state index contributed by atoms with van der Waals surface area (Å²) in [6.07, 6.45) is 4.10. The van der Waals surface area contributed by atoms with E-state index in [2.05, 4.69) is 36.8 Å². The van der Waals surface area contributed by atoms with Crippen molar-refractivity contribution in [2.75, 3.05) is 26.2 Å². The molecule has 104 valence electrons. The third-order valence-corrected chi connectivity index (χ3v) is 3.35. The Morgan fingerprint density at radius 1 is 1.39 bits per heavy atom. The molecule has 0 spiro atoms. The second-order valence-electron chi connectivity index (χ2n) is 5.84. The number of nitrogens with zero attached hydrogens (tertiary/aromatic N) is 3. The van der Waals surface area contributed by atoms with Gasteiger partial charge in [-0.05, 0) is 31.0 Å². The van der Waals surface area contributed by atoms with Crippen LogP contribution < -0.4 is 5.73 Å². The van der Waals surface area contributed by atoms with Crippen molar-refractivity contribution in [3.63, 3.8) is 0 Å². The smallest absolute Gasteiger partial charge is 0.0492 e. The molecule has 0 saturated heterocycles. The van der Waals surface area contributed by atoms with Crippen LogP contribution in [0.1, 0.15) is 32.9 Å². The van der Waals surface area contributed by atoms with Crippen molar-refractivity contribution in [1.82, 2.24) is 14.7 Å². The summed E-state index contributed by atoms with van der Waals surface area (Å²) in [7, 11) is 2.00. The average Bonchev–Trinajstić information content (AvgIpc) is 2.72. The highest BCUT2D eigenvalue weighted by Gasteiger charge is 2.19. The minimum atomic E-state index is 0.196. The van der Waals surface area contributed by atoms with Crippen LogP contribution in [0.3, 0.4) is 0 Å². The van der Waals surface area contributed by atoms with Crippen LogP contribution in [0.4, 0.5) is 0 Å². The van der Waals surface area contributed by atoms with Gasteiger partial charge in [-0.25, -0.2) is 0 Å². The minimum Gasteiger partial charge on any atom is -0.330 e. The summed E-state index contributed by atoms with van der Waals surface area (Å²) in [4.78, 5) is 2.51. The summed E-state index contributed by atoms with van der Waals surface area (Å²) in [6, 6.07) is 2.10. The van der Waals surface area contributed by atoms with Crippen LogP contribution in [-0.4, -0.2) is 40.9 Å². The average molecular weight is 252 g/mol. The Balaban J connectivity index is 2.50. The summed E-state index contributed by atoms with van der Waals surface area (Å²) in [5.74, 6) is 0. The maximum Gasteiger partial charge on any atom is 0.0492 e. The van der Waals surface area contributed by atoms with Crippen LogP contribution in [0.25, 0.3) is 0 Å². The second kappa shape index (κ2) is 6.90. The standard InChI is InChI=1S/C14H28N4/c1-5-9-18(12-14(2,3)11-15)10-7-13-6-8-16-17(13)4/h6,8H,5,7,9-12,15H2,1-4H3. The van der Waals surface area contributed by atoms with Crippen LogP contribution in [0.5, 0.6) is 0 Å². The van der Waals surface area contributed by atoms with E-state index >= 15 is 0 Å². The largest absolute Gasteiger partial charge is 0.330 e. The zero-order chi connectivity index (χ0) is 13.6. The number of hydrogen-bond donors (Lipinski definition) is 1. The zero-order valence-electron chi connectivity index (χ0n) is 12.3. The highest BCUT2D eigenvalue weighted by Crippen LogP contribution is 2.15. The molecule has 0 atom stereocenters. The number of aryl methyl sites for hydroxylation is 1. The molecule has 1 heterocycles. The monoisotopic (exact) mass is 252 g/mol. The van der Waals surface area contributed by atoms with E-state index in [1.165, 1.54) is 12.1 Å². The molecule has 1 aromatic heterocycles. The van der Waals surface area contributed by atoms with Crippen LogP contribution in [0.2, 0.25) is 0 Å². The van der Waals surface area contributed by atoms with Gasteiger partial charge in [0, 0.05) is 38.4 Å². The molecule has 4 heteroatoms. The van der Waals surface area contributed by atoms with Crippen molar-refractivity contribution >= 4 is 0 Å². The van der Waals surface area contributed by atoms with Crippen molar-refractivity contribution in [2.24, 2.45) is 18.2 Å². The molecule has 0 fully saturated rings. The maximum absolute atomic E-state index is 5.82. The topological polar surface area (TPSA) is 47.1 Å². The van der Waals surface area contributed by atoms with Crippen LogP contribution in [-0.2, 0) is 13.5 Å². The van der Waals surface area contributed by atoms with Crippen LogP contribution >= 0.6 is 0 Å². The van der Waals surface area contributed by atoms with Crippen LogP contribution in [0, 0.1) is 5.41 Å². The predicted octanol–water partition coefficient (Wildman–Crippen LogP) is 1.66. The fourth-order valence-electron chi connectivity index (χ4n) is 2.18. The van der Waals surface area contributed by atoms with Gasteiger partial charge < -0.3 is 10.6 Å². The van der Waals surface area contributed by atoms with E-state index in [1.54, 1.807) is 0 Å². The van der Waals surface area contributed by atoms with E-state index in [-0.39, 0.29) is 5.41 Å². The molecule has 1 aromatic rings. The molecule has 18 heavy (non-hydrogen) atoms. The van der Waals surface area contributed by atoms with E-state index in [1.807, 2.05) is 17.9 Å². The van der Waals surface area contributed by atoms with Gasteiger partial charge in [-0.3, -0.25) is 4.68 Å². The highest BCUT2D eigenvalue weighted by molar-refractivity contribution is 5.00. The summed E-state index contributed by atoms with van der Waals surface area (Å²) in [5.41, 5.74) is 7.31. The van der Waals surface area contributed by atoms with Gasteiger partial charge in [0.25, 0.3) is 0 Å². The van der Waals surface area contributed by atoms with Gasteiger partial charge >= 0.3 is 0 Å². The molecule has 0 aliphatic heterocycles. The van der Waals surface area contributed by atoms with Gasteiger partial charge in [-0.15, -0.1) is 0 Å². The summed E-state index contributed by atoms with van der Waals surface area (Å²) in [6.45, 7) is 10.7. The Morgan fingerprint density at radius 3 is 2.61 bits per heavy atom. The van der Waals surface area contributed by atoms with Gasteiger partial charge in [0.1, 0.15) is 0 Å². The molecule has 2 N–H and O–H groups in total. The third kappa shape index (κ3) is 4.78. The van der Waals surface area contributed by atoms with Gasteiger partial charge in [-0.1, -0.05) is 20.8 Å². The van der Waals surface area contributed by atoms with E-state index in [0.717, 1.165) is 32.6 Å². The molecule has 0 aromatic carbocycles. The lowest BCUT2D eigenvalue weighted by atomic mass is 9.93. The minimum absolute atomic E-state index is 0.196. The third-order valence-electron chi connectivity index (χ3n) is 3.35. The normalized spacial score (nSPS) is 12.3. The number of hydrogen-bond acceptors (Lipinski definition) is 3. The van der Waals surface area contributed by atoms with Crippen molar-refractivity contribution in [3.8, 4) is 0 Å². The summed E-state index contributed by atoms with van der Waals surface area (Å²) >= 11 is 0. The Kier molecular flexibility index (Phi) is 5.82. The Hall–Kier alpha value is -0.870. The van der Waals surface area contributed by atoms with Gasteiger partial charge in [0.15, 0.2) is 0 Å². The van der Waals surface area contributed by atoms with E-state index in [4.69, 9.17) is 5.73 Å². The summed E-state index contributed by atoms with van der Waals surface area (Å²) in [5, 5.41) is 4.21. The number of rotatable bonds is 8. The van der Waals surface area contributed by atoms with Gasteiger partial charge in [-0.2, -0.15) is 5.10 Å². The first-order valence-electron chi connectivity index (χ1n) is 6.88. The van der Waals surface area contributed by atoms with E-state index in [9.17, 15) is 0 Å². The SMILES string of the molecule is CCCN(CCc1ccnn1C)CC(C)(C)CN. The molecule has 0 saturated carbocycles. The Labute approximate surface area is 111 Å². The zero-order valence-corrected chi connectivity index (χ0v) is 12.3. The molecular formula is C14H28N4. The first-order chi connectivity index (χ1) is 8.48. The molecule has 0 aliphatic rings. The molecule has 0 aliphatic carbocycles. The van der Waals surface area contributed by atoms with Gasteiger partial charge in [0.2, 0.25) is 0 Å². The van der Waals surface area contributed by atoms with Crippen molar-refractivity contribution in [2.45, 2.75) is 33.6 Å². The fourth-order valence-corrected chi connectivity index (χ4v) is 2.18. The lowest BCUT2D eigenvalue weighted by molar-refractivity contribution is 0.183. The lowest BCUT2D eigenvalue weighted by Crippen LogP contribution is -2.40. The van der Waals surface area contributed by atoms with Crippen LogP contribution in [0.15, 0.2) is 12.3 Å². The van der Waals surface area contributed by atoms with Crippen molar-refractivity contribution < 1.29 is 0 Å². The maximum atomic E-state index is 5.82. The Morgan fingerprint density at radius 2 is 2.11 bits per heavy atom. The number of nitrogens with two attached hydrogens (primary N) is 1. The first-order valence-corrected chi connectivity index (χ1v) is 6.88. The molecule has 0 amide bonds. The van der Waals surface area contributed by atoms with E-state index in [0.29, 0.717) is 0 Å². The highest BCUT2D eigenvalue weighted by atomic mass is 15.3. The van der Waals surface area contributed by atoms with Gasteiger partial charge in [0.05, 0.1) is 0 Å².